The standard InChI is InChI=1S/C17H28N2O3/c1-14(12-19-10-8-18(2)9-11-19)13-22-17-15(20-3)6-5-7-16(17)21-4/h5-7,14H,8-13H2,1-4H3/t14-/m0/s1. The lowest BCUT2D eigenvalue weighted by Crippen LogP contribution is -2.46. The van der Waals surface area contributed by atoms with Crippen LogP contribution in [0.4, 0.5) is 0 Å². The summed E-state index contributed by atoms with van der Waals surface area (Å²) < 4.78 is 16.7. The van der Waals surface area contributed by atoms with Crippen molar-refractivity contribution in [2.75, 3.05) is 60.6 Å². The van der Waals surface area contributed by atoms with Crippen molar-refractivity contribution in [2.24, 2.45) is 5.92 Å². The molecule has 1 aromatic rings. The minimum atomic E-state index is 0.457. The zero-order valence-corrected chi connectivity index (χ0v) is 14.2. The van der Waals surface area contributed by atoms with Crippen LogP contribution >= 0.6 is 0 Å². The van der Waals surface area contributed by atoms with Gasteiger partial charge in [-0.3, -0.25) is 0 Å². The highest BCUT2D eigenvalue weighted by Crippen LogP contribution is 2.36. The minimum Gasteiger partial charge on any atom is -0.493 e. The number of rotatable bonds is 7. The van der Waals surface area contributed by atoms with E-state index in [1.165, 1.54) is 0 Å². The lowest BCUT2D eigenvalue weighted by Gasteiger charge is -2.33. The van der Waals surface area contributed by atoms with E-state index in [9.17, 15) is 0 Å². The van der Waals surface area contributed by atoms with Crippen molar-refractivity contribution in [1.29, 1.82) is 0 Å². The fourth-order valence-corrected chi connectivity index (χ4v) is 2.71. The average molecular weight is 308 g/mol. The normalized spacial score (nSPS) is 18.0. The van der Waals surface area contributed by atoms with Gasteiger partial charge in [-0.15, -0.1) is 0 Å². The molecule has 0 bridgehead atoms. The first kappa shape index (κ1) is 16.9. The summed E-state index contributed by atoms with van der Waals surface area (Å²) in [6.45, 7) is 8.51. The summed E-state index contributed by atoms with van der Waals surface area (Å²) in [4.78, 5) is 4.88. The van der Waals surface area contributed by atoms with Crippen LogP contribution in [0.25, 0.3) is 0 Å². The predicted octanol–water partition coefficient (Wildman–Crippen LogP) is 1.97. The number of hydrogen-bond acceptors (Lipinski definition) is 5. The first-order chi connectivity index (χ1) is 10.6. The largest absolute Gasteiger partial charge is 0.493 e. The molecule has 1 heterocycles. The molecule has 0 radical (unpaired) electrons. The van der Waals surface area contributed by atoms with Gasteiger partial charge in [-0.2, -0.15) is 0 Å². The molecule has 0 N–H and O–H groups in total. The molecule has 5 heteroatoms. The fraction of sp³-hybridized carbons (Fsp3) is 0.647. The van der Waals surface area contributed by atoms with E-state index in [0.29, 0.717) is 29.8 Å². The number of hydrogen-bond donors (Lipinski definition) is 0. The van der Waals surface area contributed by atoms with E-state index in [1.54, 1.807) is 14.2 Å². The second-order valence-corrected chi connectivity index (χ2v) is 6.01. The van der Waals surface area contributed by atoms with Crippen LogP contribution < -0.4 is 14.2 Å². The first-order valence-corrected chi connectivity index (χ1v) is 7.88. The molecular formula is C17H28N2O3. The van der Waals surface area contributed by atoms with Crippen molar-refractivity contribution < 1.29 is 14.2 Å². The van der Waals surface area contributed by atoms with E-state index >= 15 is 0 Å². The van der Waals surface area contributed by atoms with Crippen molar-refractivity contribution in [3.63, 3.8) is 0 Å². The van der Waals surface area contributed by atoms with Gasteiger partial charge >= 0.3 is 0 Å². The molecule has 1 aliphatic heterocycles. The Morgan fingerprint density at radius 2 is 1.64 bits per heavy atom. The number of piperazine rings is 1. The Bertz CT molecular complexity index is 437. The van der Waals surface area contributed by atoms with Gasteiger partial charge in [-0.25, -0.2) is 0 Å². The van der Waals surface area contributed by atoms with Gasteiger partial charge in [0, 0.05) is 38.6 Å². The van der Waals surface area contributed by atoms with Crippen LogP contribution in [-0.4, -0.2) is 70.4 Å². The molecule has 1 atom stereocenters. The van der Waals surface area contributed by atoms with Gasteiger partial charge < -0.3 is 24.0 Å². The Labute approximate surface area is 133 Å². The predicted molar refractivity (Wildman–Crippen MR) is 88.1 cm³/mol. The van der Waals surface area contributed by atoms with Crippen LogP contribution in [0.5, 0.6) is 17.2 Å². The Balaban J connectivity index is 1.87. The SMILES string of the molecule is COc1cccc(OC)c1OC[C@@H](C)CN1CCN(C)CC1. The van der Waals surface area contributed by atoms with Gasteiger partial charge in [0.25, 0.3) is 0 Å². The Kier molecular flexibility index (Phi) is 6.34. The first-order valence-electron chi connectivity index (χ1n) is 7.88. The summed E-state index contributed by atoms with van der Waals surface area (Å²) in [6.07, 6.45) is 0. The lowest BCUT2D eigenvalue weighted by atomic mass is 10.1. The van der Waals surface area contributed by atoms with E-state index in [-0.39, 0.29) is 0 Å². The number of likely N-dealkylation sites (N-methyl/N-ethyl adjacent to an activating group) is 1. The van der Waals surface area contributed by atoms with Crippen molar-refractivity contribution >= 4 is 0 Å². The molecule has 5 nitrogen and oxygen atoms in total. The van der Waals surface area contributed by atoms with Crippen LogP contribution in [0.15, 0.2) is 18.2 Å². The van der Waals surface area contributed by atoms with Crippen LogP contribution in [0.1, 0.15) is 6.92 Å². The maximum absolute atomic E-state index is 5.99. The smallest absolute Gasteiger partial charge is 0.203 e. The number of nitrogens with zero attached hydrogens (tertiary/aromatic N) is 2. The number of benzene rings is 1. The molecule has 0 spiro atoms. The van der Waals surface area contributed by atoms with Gasteiger partial charge in [0.15, 0.2) is 11.5 Å². The molecule has 22 heavy (non-hydrogen) atoms. The lowest BCUT2D eigenvalue weighted by molar-refractivity contribution is 0.122. The number of ether oxygens (including phenoxy) is 3. The van der Waals surface area contributed by atoms with Gasteiger partial charge in [0.1, 0.15) is 0 Å². The summed E-state index contributed by atoms with van der Waals surface area (Å²) in [5, 5.41) is 0. The molecule has 1 fully saturated rings. The van der Waals surface area contributed by atoms with Crippen LogP contribution in [-0.2, 0) is 0 Å². The number of methoxy groups -OCH3 is 2. The topological polar surface area (TPSA) is 34.2 Å². The third-order valence-electron chi connectivity index (χ3n) is 4.06. The average Bonchev–Trinajstić information content (AvgIpc) is 2.54. The maximum Gasteiger partial charge on any atom is 0.203 e. The molecule has 0 saturated carbocycles. The van der Waals surface area contributed by atoms with Crippen LogP contribution in [0.3, 0.4) is 0 Å². The van der Waals surface area contributed by atoms with E-state index in [1.807, 2.05) is 18.2 Å². The summed E-state index contributed by atoms with van der Waals surface area (Å²) in [5.41, 5.74) is 0. The second-order valence-electron chi connectivity index (χ2n) is 6.01. The molecule has 0 aliphatic carbocycles. The third kappa shape index (κ3) is 4.52. The molecule has 2 rings (SSSR count). The monoisotopic (exact) mass is 308 g/mol. The zero-order valence-electron chi connectivity index (χ0n) is 14.2. The molecule has 0 unspecified atom stereocenters. The van der Waals surface area contributed by atoms with Gasteiger partial charge in [0.2, 0.25) is 5.75 Å². The van der Waals surface area contributed by atoms with Crippen LogP contribution in [0.2, 0.25) is 0 Å². The molecule has 1 saturated heterocycles. The van der Waals surface area contributed by atoms with Gasteiger partial charge in [-0.05, 0) is 19.2 Å². The molecular weight excluding hydrogens is 280 g/mol. The summed E-state index contributed by atoms with van der Waals surface area (Å²) >= 11 is 0. The summed E-state index contributed by atoms with van der Waals surface area (Å²) in [7, 11) is 5.47. The molecule has 1 aliphatic rings. The Morgan fingerprint density at radius 1 is 1.05 bits per heavy atom. The number of para-hydroxylation sites is 1. The Hall–Kier alpha value is -1.46. The van der Waals surface area contributed by atoms with Gasteiger partial charge in [-0.1, -0.05) is 13.0 Å². The highest BCUT2D eigenvalue weighted by Gasteiger charge is 2.18. The molecule has 124 valence electrons. The van der Waals surface area contributed by atoms with E-state index in [0.717, 1.165) is 32.7 Å². The Morgan fingerprint density at radius 3 is 2.18 bits per heavy atom. The van der Waals surface area contributed by atoms with Crippen LogP contribution in [0, 0.1) is 5.92 Å². The van der Waals surface area contributed by atoms with Gasteiger partial charge in [0.05, 0.1) is 20.8 Å². The third-order valence-corrected chi connectivity index (χ3v) is 4.06. The van der Waals surface area contributed by atoms with Crippen molar-refractivity contribution in [3.05, 3.63) is 18.2 Å². The van der Waals surface area contributed by atoms with Crippen molar-refractivity contribution in [2.45, 2.75) is 6.92 Å². The highest BCUT2D eigenvalue weighted by atomic mass is 16.5. The molecule has 0 aromatic heterocycles. The molecule has 0 amide bonds. The quantitative estimate of drug-likeness (QED) is 0.769. The minimum absolute atomic E-state index is 0.457. The van der Waals surface area contributed by atoms with E-state index < -0.39 is 0 Å². The summed E-state index contributed by atoms with van der Waals surface area (Å²) in [6, 6.07) is 5.68. The van der Waals surface area contributed by atoms with Crippen molar-refractivity contribution in [3.8, 4) is 17.2 Å². The maximum atomic E-state index is 5.99. The van der Waals surface area contributed by atoms with E-state index in [2.05, 4.69) is 23.8 Å². The summed E-state index contributed by atoms with van der Waals surface area (Å²) in [5.74, 6) is 2.58. The van der Waals surface area contributed by atoms with E-state index in [4.69, 9.17) is 14.2 Å². The molecule has 1 aromatic carbocycles. The zero-order chi connectivity index (χ0) is 15.9. The fourth-order valence-electron chi connectivity index (χ4n) is 2.71. The second kappa shape index (κ2) is 8.25. The van der Waals surface area contributed by atoms with Crippen molar-refractivity contribution in [1.82, 2.24) is 9.80 Å². The highest BCUT2D eigenvalue weighted by molar-refractivity contribution is 5.51.